The first kappa shape index (κ1) is 26.1. The van der Waals surface area contributed by atoms with Crippen LogP contribution in [-0.2, 0) is 16.1 Å². The monoisotopic (exact) mass is 461 g/mol. The molecule has 1 aromatic heterocycles. The molecule has 0 unspecified atom stereocenters. The molecule has 0 saturated heterocycles. The molecule has 182 valence electrons. The lowest BCUT2D eigenvalue weighted by Crippen LogP contribution is -2.27. The third-order valence-electron chi connectivity index (χ3n) is 4.70. The highest BCUT2D eigenvalue weighted by atomic mass is 16.6. The van der Waals surface area contributed by atoms with Crippen molar-refractivity contribution in [3.05, 3.63) is 35.0 Å². The minimum absolute atomic E-state index is 0.253. The van der Waals surface area contributed by atoms with E-state index in [2.05, 4.69) is 10.4 Å². The molecule has 1 aromatic carbocycles. The summed E-state index contributed by atoms with van der Waals surface area (Å²) in [5.74, 6) is 1.46. The molecular weight excluding hydrogens is 426 g/mol. The van der Waals surface area contributed by atoms with E-state index in [4.69, 9.17) is 23.7 Å². The molecule has 0 fully saturated rings. The maximum atomic E-state index is 12.4. The van der Waals surface area contributed by atoms with Gasteiger partial charge in [0.1, 0.15) is 22.8 Å². The lowest BCUT2D eigenvalue weighted by atomic mass is 10.0. The third kappa shape index (κ3) is 6.19. The Bertz CT molecular complexity index is 979. The Morgan fingerprint density at radius 2 is 1.73 bits per heavy atom. The van der Waals surface area contributed by atoms with Crippen LogP contribution in [0.15, 0.2) is 18.2 Å². The fourth-order valence-electron chi connectivity index (χ4n) is 3.30. The van der Waals surface area contributed by atoms with Gasteiger partial charge in [-0.1, -0.05) is 6.08 Å². The summed E-state index contributed by atoms with van der Waals surface area (Å²) < 4.78 is 29.4. The summed E-state index contributed by atoms with van der Waals surface area (Å²) in [6, 6.07) is 3.82. The van der Waals surface area contributed by atoms with Crippen LogP contribution in [0.5, 0.6) is 17.4 Å². The lowest BCUT2D eigenvalue weighted by molar-refractivity contribution is 0.0635. The molecule has 1 N–H and O–H groups in total. The molecule has 0 saturated carbocycles. The van der Waals surface area contributed by atoms with Gasteiger partial charge in [-0.3, -0.25) is 5.32 Å². The van der Waals surface area contributed by atoms with Gasteiger partial charge in [-0.2, -0.15) is 0 Å². The van der Waals surface area contributed by atoms with Gasteiger partial charge in [0.05, 0.1) is 44.9 Å². The number of methoxy groups -OCH3 is 3. The molecule has 0 aliphatic heterocycles. The van der Waals surface area contributed by atoms with Crippen molar-refractivity contribution in [1.82, 2.24) is 9.78 Å². The third-order valence-corrected chi connectivity index (χ3v) is 4.70. The van der Waals surface area contributed by atoms with Gasteiger partial charge in [-0.05, 0) is 59.2 Å². The van der Waals surface area contributed by atoms with Crippen LogP contribution < -0.4 is 19.5 Å². The number of carbonyl (C=O) groups excluding carboxylic acids is 1. The van der Waals surface area contributed by atoms with E-state index in [9.17, 15) is 4.79 Å². The largest absolute Gasteiger partial charge is 0.496 e. The van der Waals surface area contributed by atoms with Crippen molar-refractivity contribution in [1.29, 1.82) is 0 Å². The number of nitrogens with one attached hydrogen (secondary N) is 1. The minimum atomic E-state index is -0.639. The number of amides is 1. The number of aromatic nitrogens is 2. The first-order valence-corrected chi connectivity index (χ1v) is 10.7. The molecule has 0 spiro atoms. The van der Waals surface area contributed by atoms with Crippen molar-refractivity contribution in [2.75, 3.05) is 33.3 Å². The fraction of sp³-hybridized carbons (Fsp3) is 0.500. The molecule has 0 aliphatic carbocycles. The molecule has 33 heavy (non-hydrogen) atoms. The minimum Gasteiger partial charge on any atom is -0.496 e. The van der Waals surface area contributed by atoms with Crippen LogP contribution in [0, 0.1) is 6.92 Å². The summed E-state index contributed by atoms with van der Waals surface area (Å²) in [7, 11) is 4.69. The molecule has 0 bridgehead atoms. The molecule has 9 nitrogen and oxygen atoms in total. The molecule has 0 radical (unpaired) electrons. The lowest BCUT2D eigenvalue weighted by Gasteiger charge is -2.20. The van der Waals surface area contributed by atoms with Crippen LogP contribution in [0.4, 0.5) is 10.5 Å². The summed E-state index contributed by atoms with van der Waals surface area (Å²) in [6.45, 7) is 12.1. The van der Waals surface area contributed by atoms with Crippen LogP contribution in [0.25, 0.3) is 5.70 Å². The van der Waals surface area contributed by atoms with E-state index in [-0.39, 0.29) is 5.88 Å². The molecule has 1 heterocycles. The molecular formula is C24H35N3O6. The zero-order valence-corrected chi connectivity index (χ0v) is 21.0. The SMILES string of the molecule is C/C=C(/c1c(OC)cc(COCC)cc1OC)n1nc(OC)c(NC(=O)OC(C)(C)C)c1C. The average Bonchev–Trinajstić information content (AvgIpc) is 3.06. The standard InChI is InChI=1S/C24H35N3O6/c1-10-17(20-18(29-7)12-16(14-32-11-2)13-19(20)30-8)27-15(3)21(22(26-27)31-9)25-23(28)33-24(4,5)6/h10,12-13H,11,14H2,1-9H3,(H,25,28)/b17-10-. The number of hydrogen-bond acceptors (Lipinski definition) is 7. The molecule has 2 aromatic rings. The molecule has 9 heteroatoms. The predicted octanol–water partition coefficient (Wildman–Crippen LogP) is 5.01. The first-order valence-electron chi connectivity index (χ1n) is 10.7. The smallest absolute Gasteiger partial charge is 0.412 e. The van der Waals surface area contributed by atoms with Crippen LogP contribution in [0.3, 0.4) is 0 Å². The highest BCUT2D eigenvalue weighted by Gasteiger charge is 2.26. The summed E-state index contributed by atoms with van der Waals surface area (Å²) in [4.78, 5) is 12.4. The summed E-state index contributed by atoms with van der Waals surface area (Å²) >= 11 is 0. The summed E-state index contributed by atoms with van der Waals surface area (Å²) in [5, 5.41) is 7.32. The van der Waals surface area contributed by atoms with Crippen LogP contribution in [0.2, 0.25) is 0 Å². The highest BCUT2D eigenvalue weighted by Crippen LogP contribution is 2.40. The Hall–Kier alpha value is -3.20. The Kier molecular flexibility index (Phi) is 8.76. The number of ether oxygens (including phenoxy) is 5. The van der Waals surface area contributed by atoms with Gasteiger partial charge in [0.2, 0.25) is 0 Å². The molecule has 0 aliphatic rings. The second kappa shape index (κ2) is 11.1. The van der Waals surface area contributed by atoms with Gasteiger partial charge in [-0.25, -0.2) is 9.48 Å². The Morgan fingerprint density at radius 3 is 2.18 bits per heavy atom. The van der Waals surface area contributed by atoms with E-state index < -0.39 is 11.7 Å². The zero-order chi connectivity index (χ0) is 24.8. The average molecular weight is 462 g/mol. The summed E-state index contributed by atoms with van der Waals surface area (Å²) in [5.41, 5.74) is 2.75. The van der Waals surface area contributed by atoms with Gasteiger partial charge < -0.3 is 23.7 Å². The van der Waals surface area contributed by atoms with Gasteiger partial charge >= 0.3 is 6.09 Å². The second-order valence-corrected chi connectivity index (χ2v) is 8.19. The van der Waals surface area contributed by atoms with Crippen molar-refractivity contribution in [3.63, 3.8) is 0 Å². The molecule has 2 rings (SSSR count). The van der Waals surface area contributed by atoms with Crippen molar-refractivity contribution >= 4 is 17.5 Å². The number of anilines is 1. The van der Waals surface area contributed by atoms with Gasteiger partial charge in [0, 0.05) is 6.61 Å². The first-order chi connectivity index (χ1) is 15.6. The van der Waals surface area contributed by atoms with E-state index in [0.717, 1.165) is 5.56 Å². The topological polar surface area (TPSA) is 93.1 Å². The van der Waals surface area contributed by atoms with Crippen molar-refractivity contribution < 1.29 is 28.5 Å². The van der Waals surface area contributed by atoms with Crippen LogP contribution in [0.1, 0.15) is 51.4 Å². The number of carbonyl (C=O) groups is 1. The number of benzene rings is 1. The van der Waals surface area contributed by atoms with Gasteiger partial charge in [0.25, 0.3) is 5.88 Å². The van der Waals surface area contributed by atoms with Gasteiger partial charge in [0.15, 0.2) is 0 Å². The van der Waals surface area contributed by atoms with E-state index in [1.165, 1.54) is 7.11 Å². The predicted molar refractivity (Wildman–Crippen MR) is 127 cm³/mol. The van der Waals surface area contributed by atoms with E-state index >= 15 is 0 Å². The second-order valence-electron chi connectivity index (χ2n) is 8.19. The maximum absolute atomic E-state index is 12.4. The van der Waals surface area contributed by atoms with Gasteiger partial charge in [-0.15, -0.1) is 5.10 Å². The molecule has 0 atom stereocenters. The van der Waals surface area contributed by atoms with Crippen molar-refractivity contribution in [3.8, 4) is 17.4 Å². The van der Waals surface area contributed by atoms with E-state index in [0.29, 0.717) is 47.4 Å². The van der Waals surface area contributed by atoms with Crippen LogP contribution in [-0.4, -0.2) is 49.4 Å². The Morgan fingerprint density at radius 1 is 1.12 bits per heavy atom. The normalized spacial score (nSPS) is 11.8. The molecule has 1 amide bonds. The van der Waals surface area contributed by atoms with Crippen LogP contribution >= 0.6 is 0 Å². The number of allylic oxidation sites excluding steroid dienone is 1. The Labute approximate surface area is 195 Å². The number of nitrogens with zero attached hydrogens (tertiary/aromatic N) is 2. The quantitative estimate of drug-likeness (QED) is 0.561. The zero-order valence-electron chi connectivity index (χ0n) is 21.0. The van der Waals surface area contributed by atoms with E-state index in [1.54, 1.807) is 39.7 Å². The fourth-order valence-corrected chi connectivity index (χ4v) is 3.30. The number of rotatable bonds is 9. The maximum Gasteiger partial charge on any atom is 0.412 e. The van der Waals surface area contributed by atoms with E-state index in [1.807, 2.05) is 39.0 Å². The summed E-state index contributed by atoms with van der Waals surface area (Å²) in [6.07, 6.45) is 1.29. The van der Waals surface area contributed by atoms with Crippen molar-refractivity contribution in [2.45, 2.75) is 53.8 Å². The number of hydrogen-bond donors (Lipinski definition) is 1. The van der Waals surface area contributed by atoms with Crippen molar-refractivity contribution in [2.24, 2.45) is 0 Å². The Balaban J connectivity index is 2.58. The highest BCUT2D eigenvalue weighted by molar-refractivity contribution is 5.88.